The standard InChI is InChI=1S/C16H23N3OS/c1-11-15(12(2)18-17-11)6-5-7-19(4)9-14-8-16(13(3)20)21-10-14/h8,10H,5-7,9H2,1-4H3,(H,17,18). The van der Waals surface area contributed by atoms with Crippen molar-refractivity contribution in [1.29, 1.82) is 0 Å². The van der Waals surface area contributed by atoms with Crippen LogP contribution in [0.4, 0.5) is 0 Å². The fourth-order valence-electron chi connectivity index (χ4n) is 2.50. The first-order chi connectivity index (χ1) is 9.97. The van der Waals surface area contributed by atoms with Gasteiger partial charge in [0, 0.05) is 12.2 Å². The first-order valence-corrected chi connectivity index (χ1v) is 8.12. The van der Waals surface area contributed by atoms with E-state index < -0.39 is 0 Å². The van der Waals surface area contributed by atoms with Crippen LogP contribution in [0.1, 0.15) is 45.5 Å². The molecule has 0 aromatic carbocycles. The minimum Gasteiger partial charge on any atom is -0.302 e. The summed E-state index contributed by atoms with van der Waals surface area (Å²) in [6.45, 7) is 7.68. The largest absolute Gasteiger partial charge is 0.302 e. The van der Waals surface area contributed by atoms with Crippen LogP contribution >= 0.6 is 11.3 Å². The highest BCUT2D eigenvalue weighted by Gasteiger charge is 2.08. The second-order valence-corrected chi connectivity index (χ2v) is 6.54. The van der Waals surface area contributed by atoms with E-state index in [1.807, 2.05) is 6.07 Å². The summed E-state index contributed by atoms with van der Waals surface area (Å²) in [5.74, 6) is 0.153. The lowest BCUT2D eigenvalue weighted by Gasteiger charge is -2.15. The Morgan fingerprint density at radius 2 is 2.19 bits per heavy atom. The Balaban J connectivity index is 1.79. The fraction of sp³-hybridized carbons (Fsp3) is 0.500. The minimum absolute atomic E-state index is 0.153. The fourth-order valence-corrected chi connectivity index (χ4v) is 3.31. The summed E-state index contributed by atoms with van der Waals surface area (Å²) in [6.07, 6.45) is 2.17. The van der Waals surface area contributed by atoms with Crippen LogP contribution in [-0.2, 0) is 13.0 Å². The number of aryl methyl sites for hydroxylation is 2. The highest BCUT2D eigenvalue weighted by molar-refractivity contribution is 7.12. The van der Waals surface area contributed by atoms with Crippen LogP contribution in [-0.4, -0.2) is 34.5 Å². The summed E-state index contributed by atoms with van der Waals surface area (Å²) in [6, 6.07) is 2.01. The molecule has 0 aliphatic rings. The lowest BCUT2D eigenvalue weighted by atomic mass is 10.1. The normalized spacial score (nSPS) is 11.3. The van der Waals surface area contributed by atoms with Gasteiger partial charge >= 0.3 is 0 Å². The molecule has 2 aromatic rings. The molecular weight excluding hydrogens is 282 g/mol. The van der Waals surface area contributed by atoms with Crippen LogP contribution in [0, 0.1) is 13.8 Å². The molecular formula is C16H23N3OS. The zero-order chi connectivity index (χ0) is 15.4. The zero-order valence-corrected chi connectivity index (χ0v) is 14.0. The molecule has 0 radical (unpaired) electrons. The Labute approximate surface area is 130 Å². The number of Topliss-reactive ketones (excluding diaryl/α,β-unsaturated/α-hetero) is 1. The highest BCUT2D eigenvalue weighted by atomic mass is 32.1. The van der Waals surface area contributed by atoms with Gasteiger partial charge in [0.2, 0.25) is 0 Å². The molecule has 4 nitrogen and oxygen atoms in total. The van der Waals surface area contributed by atoms with Crippen LogP contribution in [0.2, 0.25) is 0 Å². The summed E-state index contributed by atoms with van der Waals surface area (Å²) < 4.78 is 0. The maximum atomic E-state index is 11.3. The van der Waals surface area contributed by atoms with Gasteiger partial charge in [0.25, 0.3) is 0 Å². The molecule has 0 amide bonds. The molecule has 2 heterocycles. The molecule has 2 rings (SSSR count). The topological polar surface area (TPSA) is 49.0 Å². The van der Waals surface area contributed by atoms with Crippen molar-refractivity contribution in [2.75, 3.05) is 13.6 Å². The maximum Gasteiger partial charge on any atom is 0.169 e. The SMILES string of the molecule is CC(=O)c1cc(CN(C)CCCc2c(C)n[nH]c2C)cs1. The number of H-pyrrole nitrogens is 1. The van der Waals surface area contributed by atoms with Crippen LogP contribution in [0.5, 0.6) is 0 Å². The minimum atomic E-state index is 0.153. The van der Waals surface area contributed by atoms with Crippen molar-refractivity contribution in [3.63, 3.8) is 0 Å². The third-order valence-corrected chi connectivity index (χ3v) is 4.78. The van der Waals surface area contributed by atoms with Crippen molar-refractivity contribution in [2.45, 2.75) is 40.2 Å². The predicted molar refractivity (Wildman–Crippen MR) is 87.0 cm³/mol. The molecule has 0 saturated heterocycles. The number of nitrogens with zero attached hydrogens (tertiary/aromatic N) is 2. The zero-order valence-electron chi connectivity index (χ0n) is 13.2. The van der Waals surface area contributed by atoms with Crippen LogP contribution in [0.3, 0.4) is 0 Å². The van der Waals surface area contributed by atoms with Gasteiger partial charge in [-0.1, -0.05) is 0 Å². The quantitative estimate of drug-likeness (QED) is 0.798. The molecule has 2 aromatic heterocycles. The molecule has 114 valence electrons. The van der Waals surface area contributed by atoms with Gasteiger partial charge in [-0.25, -0.2) is 0 Å². The maximum absolute atomic E-state index is 11.3. The number of carbonyl (C=O) groups is 1. The summed E-state index contributed by atoms with van der Waals surface area (Å²) >= 11 is 1.54. The second kappa shape index (κ2) is 7.00. The van der Waals surface area contributed by atoms with Gasteiger partial charge in [-0.2, -0.15) is 5.10 Å². The van der Waals surface area contributed by atoms with Crippen LogP contribution in [0.15, 0.2) is 11.4 Å². The number of rotatable bonds is 7. The Hall–Kier alpha value is -1.46. The van der Waals surface area contributed by atoms with E-state index >= 15 is 0 Å². The average Bonchev–Trinajstić information content (AvgIpc) is 3.00. The number of aromatic amines is 1. The van der Waals surface area contributed by atoms with Gasteiger partial charge in [-0.05, 0) is 69.8 Å². The van der Waals surface area contributed by atoms with E-state index in [1.165, 1.54) is 28.2 Å². The first-order valence-electron chi connectivity index (χ1n) is 7.24. The van der Waals surface area contributed by atoms with Crippen LogP contribution < -0.4 is 0 Å². The predicted octanol–water partition coefficient (Wildman–Crippen LogP) is 3.36. The van der Waals surface area contributed by atoms with Gasteiger partial charge in [-0.3, -0.25) is 9.89 Å². The molecule has 0 aliphatic carbocycles. The van der Waals surface area contributed by atoms with Crippen molar-refractivity contribution in [1.82, 2.24) is 15.1 Å². The molecule has 0 unspecified atom stereocenters. The van der Waals surface area contributed by atoms with E-state index in [4.69, 9.17) is 0 Å². The molecule has 5 heteroatoms. The number of carbonyl (C=O) groups excluding carboxylic acids is 1. The van der Waals surface area contributed by atoms with E-state index in [1.54, 1.807) is 6.92 Å². The summed E-state index contributed by atoms with van der Waals surface area (Å²) in [5.41, 5.74) is 4.86. The first kappa shape index (κ1) is 15.9. The molecule has 21 heavy (non-hydrogen) atoms. The van der Waals surface area contributed by atoms with Gasteiger partial charge in [0.1, 0.15) is 0 Å². The van der Waals surface area contributed by atoms with E-state index in [9.17, 15) is 4.79 Å². The number of hydrogen-bond acceptors (Lipinski definition) is 4. The molecule has 0 aliphatic heterocycles. The third-order valence-electron chi connectivity index (χ3n) is 3.70. The van der Waals surface area contributed by atoms with Crippen LogP contribution in [0.25, 0.3) is 0 Å². The van der Waals surface area contributed by atoms with E-state index in [2.05, 4.69) is 41.4 Å². The van der Waals surface area contributed by atoms with Gasteiger partial charge in [-0.15, -0.1) is 11.3 Å². The Morgan fingerprint density at radius 1 is 1.43 bits per heavy atom. The monoisotopic (exact) mass is 305 g/mol. The van der Waals surface area contributed by atoms with E-state index in [-0.39, 0.29) is 5.78 Å². The Bertz CT molecular complexity index is 595. The Morgan fingerprint density at radius 3 is 2.76 bits per heavy atom. The number of hydrogen-bond donors (Lipinski definition) is 1. The van der Waals surface area contributed by atoms with Crippen molar-refractivity contribution in [2.24, 2.45) is 0 Å². The third kappa shape index (κ3) is 4.25. The highest BCUT2D eigenvalue weighted by Crippen LogP contribution is 2.17. The summed E-state index contributed by atoms with van der Waals surface area (Å²) in [7, 11) is 2.13. The summed E-state index contributed by atoms with van der Waals surface area (Å²) in [5, 5.41) is 9.35. The molecule has 0 saturated carbocycles. The van der Waals surface area contributed by atoms with Crippen molar-refractivity contribution in [3.8, 4) is 0 Å². The van der Waals surface area contributed by atoms with Gasteiger partial charge in [0.15, 0.2) is 5.78 Å². The van der Waals surface area contributed by atoms with E-state index in [0.717, 1.165) is 36.5 Å². The van der Waals surface area contributed by atoms with Crippen molar-refractivity contribution in [3.05, 3.63) is 38.8 Å². The summed E-state index contributed by atoms with van der Waals surface area (Å²) in [4.78, 5) is 14.5. The number of aromatic nitrogens is 2. The number of ketones is 1. The number of nitrogens with one attached hydrogen (secondary N) is 1. The molecule has 0 fully saturated rings. The smallest absolute Gasteiger partial charge is 0.169 e. The molecule has 1 N–H and O–H groups in total. The van der Waals surface area contributed by atoms with Gasteiger partial charge in [0.05, 0.1) is 10.6 Å². The van der Waals surface area contributed by atoms with Gasteiger partial charge < -0.3 is 4.90 Å². The second-order valence-electron chi connectivity index (χ2n) is 5.63. The van der Waals surface area contributed by atoms with E-state index in [0.29, 0.717) is 0 Å². The number of thiophene rings is 1. The molecule has 0 bridgehead atoms. The molecule has 0 atom stereocenters. The molecule has 0 spiro atoms. The lowest BCUT2D eigenvalue weighted by Crippen LogP contribution is -2.19. The van der Waals surface area contributed by atoms with Crippen molar-refractivity contribution >= 4 is 17.1 Å². The van der Waals surface area contributed by atoms with Crippen molar-refractivity contribution < 1.29 is 4.79 Å². The lowest BCUT2D eigenvalue weighted by molar-refractivity contribution is 0.102. The Kier molecular flexibility index (Phi) is 5.31. The average molecular weight is 305 g/mol.